The second-order valence-corrected chi connectivity index (χ2v) is 7.40. The number of carbonyl (C=O) groups is 1. The third-order valence-corrected chi connectivity index (χ3v) is 5.26. The molecule has 30 heavy (non-hydrogen) atoms. The van der Waals surface area contributed by atoms with Crippen LogP contribution in [0.25, 0.3) is 5.13 Å². The van der Waals surface area contributed by atoms with Crippen LogP contribution in [0.2, 0.25) is 0 Å². The highest BCUT2D eigenvalue weighted by molar-refractivity contribution is 7.17. The Bertz CT molecular complexity index is 1090. The molecule has 0 aromatic carbocycles. The number of anilines is 2. The average Bonchev–Trinajstić information content (AvgIpc) is 3.35. The number of amides is 1. The average molecular weight is 434 g/mol. The van der Waals surface area contributed by atoms with Crippen molar-refractivity contribution >= 4 is 28.1 Å². The van der Waals surface area contributed by atoms with E-state index < -0.39 is 11.5 Å². The largest absolute Gasteiger partial charge is 0.488 e. The van der Waals surface area contributed by atoms with E-state index in [1.807, 2.05) is 26.8 Å². The third kappa shape index (κ3) is 4.49. The molecule has 0 aliphatic heterocycles. The molecule has 0 bridgehead atoms. The summed E-state index contributed by atoms with van der Waals surface area (Å²) in [6.07, 6.45) is 1.49. The van der Waals surface area contributed by atoms with E-state index in [-0.39, 0.29) is 28.8 Å². The van der Waals surface area contributed by atoms with Gasteiger partial charge in [-0.15, -0.1) is 10.2 Å². The van der Waals surface area contributed by atoms with Gasteiger partial charge in [-0.05, 0) is 26.8 Å². The number of hydrogen-bond acceptors (Lipinski definition) is 10. The Morgan fingerprint density at radius 1 is 1.30 bits per heavy atom. The zero-order valence-corrected chi connectivity index (χ0v) is 17.9. The van der Waals surface area contributed by atoms with Gasteiger partial charge >= 0.3 is 5.63 Å². The number of methoxy groups -OCH3 is 2. The molecule has 3 aromatic rings. The molecule has 0 spiro atoms. The monoisotopic (exact) mass is 434 g/mol. The number of nitrogens with zero attached hydrogens (tertiary/aromatic N) is 4. The van der Waals surface area contributed by atoms with Crippen LogP contribution in [0.15, 0.2) is 27.5 Å². The highest BCUT2D eigenvalue weighted by atomic mass is 32.1. The fraction of sp³-hybridized carbons (Fsp3) is 0.389. The van der Waals surface area contributed by atoms with E-state index in [0.29, 0.717) is 10.8 Å². The van der Waals surface area contributed by atoms with Crippen LogP contribution in [0.1, 0.15) is 30.1 Å². The second kappa shape index (κ2) is 9.05. The molecule has 0 fully saturated rings. The molecule has 0 saturated heterocycles. The van der Waals surface area contributed by atoms with Crippen LogP contribution in [0, 0.1) is 6.92 Å². The maximum absolute atomic E-state index is 12.6. The molecule has 2 atom stereocenters. The van der Waals surface area contributed by atoms with Gasteiger partial charge in [-0.2, -0.15) is 5.10 Å². The van der Waals surface area contributed by atoms with Crippen molar-refractivity contribution in [3.05, 3.63) is 40.2 Å². The van der Waals surface area contributed by atoms with Crippen molar-refractivity contribution in [1.82, 2.24) is 20.0 Å². The first-order valence-corrected chi connectivity index (χ1v) is 9.83. The standard InChI is InChI=1S/C18H22N6O5S/c1-9-6-7-19-24(9)18-23-22-17(30-18)21-15(25)13-8-12(14(28-5)16(26)29-13)20-10(2)11(3)27-4/h6-8,10-11,20H,1-5H3,(H,21,22,25)/t10-,11+/m0/s1. The van der Waals surface area contributed by atoms with Crippen molar-refractivity contribution in [3.8, 4) is 10.9 Å². The van der Waals surface area contributed by atoms with Crippen LogP contribution in [0.4, 0.5) is 10.8 Å². The summed E-state index contributed by atoms with van der Waals surface area (Å²) in [4.78, 5) is 24.9. The number of ether oxygens (including phenoxy) is 2. The van der Waals surface area contributed by atoms with Gasteiger partial charge in [-0.1, -0.05) is 11.3 Å². The zero-order valence-electron chi connectivity index (χ0n) is 17.1. The van der Waals surface area contributed by atoms with Crippen LogP contribution in [-0.4, -0.2) is 52.3 Å². The lowest BCUT2D eigenvalue weighted by atomic mass is 10.2. The van der Waals surface area contributed by atoms with Gasteiger partial charge in [-0.25, -0.2) is 9.48 Å². The van der Waals surface area contributed by atoms with E-state index in [1.54, 1.807) is 18.0 Å². The summed E-state index contributed by atoms with van der Waals surface area (Å²) in [5.74, 6) is -0.883. The number of rotatable bonds is 8. The number of nitrogens with one attached hydrogen (secondary N) is 2. The topological polar surface area (TPSA) is 133 Å². The number of aryl methyl sites for hydroxylation is 1. The fourth-order valence-corrected chi connectivity index (χ4v) is 3.30. The predicted molar refractivity (Wildman–Crippen MR) is 111 cm³/mol. The van der Waals surface area contributed by atoms with E-state index in [4.69, 9.17) is 13.9 Å². The van der Waals surface area contributed by atoms with Crippen LogP contribution in [0.3, 0.4) is 0 Å². The number of carbonyl (C=O) groups excluding carboxylic acids is 1. The van der Waals surface area contributed by atoms with Crippen LogP contribution >= 0.6 is 11.3 Å². The molecule has 0 unspecified atom stereocenters. The molecule has 3 aromatic heterocycles. The van der Waals surface area contributed by atoms with Crippen molar-refractivity contribution in [2.45, 2.75) is 32.9 Å². The van der Waals surface area contributed by atoms with Crippen LogP contribution in [0.5, 0.6) is 5.75 Å². The summed E-state index contributed by atoms with van der Waals surface area (Å²) < 4.78 is 17.1. The number of hydrogen-bond donors (Lipinski definition) is 2. The fourth-order valence-electron chi connectivity index (χ4n) is 2.54. The normalized spacial score (nSPS) is 13.0. The minimum Gasteiger partial charge on any atom is -0.488 e. The first-order valence-electron chi connectivity index (χ1n) is 9.01. The molecular weight excluding hydrogens is 412 g/mol. The van der Waals surface area contributed by atoms with Gasteiger partial charge in [0.1, 0.15) is 0 Å². The molecule has 11 nitrogen and oxygen atoms in total. The quantitative estimate of drug-likeness (QED) is 0.546. The van der Waals surface area contributed by atoms with Gasteiger partial charge < -0.3 is 19.2 Å². The third-order valence-electron chi connectivity index (χ3n) is 4.44. The van der Waals surface area contributed by atoms with Gasteiger partial charge in [0.25, 0.3) is 5.91 Å². The van der Waals surface area contributed by atoms with Gasteiger partial charge in [0.2, 0.25) is 16.0 Å². The lowest BCUT2D eigenvalue weighted by Gasteiger charge is -2.22. The first-order chi connectivity index (χ1) is 14.3. The molecule has 12 heteroatoms. The van der Waals surface area contributed by atoms with Crippen molar-refractivity contribution in [2.75, 3.05) is 24.9 Å². The zero-order chi connectivity index (χ0) is 21.8. The molecular formula is C18H22N6O5S. The summed E-state index contributed by atoms with van der Waals surface area (Å²) in [7, 11) is 2.93. The maximum Gasteiger partial charge on any atom is 0.381 e. The summed E-state index contributed by atoms with van der Waals surface area (Å²) in [5.41, 5.74) is 0.413. The second-order valence-electron chi connectivity index (χ2n) is 6.45. The highest BCUT2D eigenvalue weighted by Crippen LogP contribution is 2.25. The van der Waals surface area contributed by atoms with Crippen LogP contribution in [-0.2, 0) is 4.74 Å². The van der Waals surface area contributed by atoms with Gasteiger partial charge in [-0.3, -0.25) is 10.1 Å². The lowest BCUT2D eigenvalue weighted by Crippen LogP contribution is -2.30. The molecule has 2 N–H and O–H groups in total. The SMILES string of the molecule is COc1c(N[C@@H](C)[C@@H](C)OC)cc(C(=O)Nc2nnc(-n3nccc3C)s2)oc1=O. The van der Waals surface area contributed by atoms with E-state index in [0.717, 1.165) is 17.0 Å². The Balaban J connectivity index is 1.83. The Morgan fingerprint density at radius 2 is 2.07 bits per heavy atom. The molecule has 0 saturated carbocycles. The smallest absolute Gasteiger partial charge is 0.381 e. The van der Waals surface area contributed by atoms with Crippen LogP contribution < -0.4 is 21.0 Å². The van der Waals surface area contributed by atoms with Crippen molar-refractivity contribution < 1.29 is 18.7 Å². The molecule has 160 valence electrons. The molecule has 0 aliphatic rings. The van der Waals surface area contributed by atoms with Gasteiger partial charge in [0, 0.05) is 31.1 Å². The van der Waals surface area contributed by atoms with E-state index in [2.05, 4.69) is 25.9 Å². The Labute approximate surface area is 176 Å². The Hall–Kier alpha value is -3.25. The lowest BCUT2D eigenvalue weighted by molar-refractivity contribution is 0.0991. The molecule has 3 rings (SSSR count). The van der Waals surface area contributed by atoms with E-state index in [1.165, 1.54) is 13.2 Å². The summed E-state index contributed by atoms with van der Waals surface area (Å²) in [6, 6.07) is 3.06. The molecule has 3 heterocycles. The van der Waals surface area contributed by atoms with Gasteiger partial charge in [0.05, 0.1) is 18.9 Å². The summed E-state index contributed by atoms with van der Waals surface area (Å²) in [5, 5.41) is 18.5. The summed E-state index contributed by atoms with van der Waals surface area (Å²) >= 11 is 1.13. The van der Waals surface area contributed by atoms with Crippen molar-refractivity contribution in [1.29, 1.82) is 0 Å². The summed E-state index contributed by atoms with van der Waals surface area (Å²) in [6.45, 7) is 5.62. The number of aromatic nitrogens is 4. The first kappa shape index (κ1) is 21.5. The molecule has 0 aliphatic carbocycles. The maximum atomic E-state index is 12.6. The predicted octanol–water partition coefficient (Wildman–Crippen LogP) is 2.08. The molecule has 1 amide bonds. The van der Waals surface area contributed by atoms with Gasteiger partial charge in [0.15, 0.2) is 5.76 Å². The minimum atomic E-state index is -0.782. The Morgan fingerprint density at radius 3 is 2.70 bits per heavy atom. The molecule has 0 radical (unpaired) electrons. The van der Waals surface area contributed by atoms with Crippen molar-refractivity contribution in [2.24, 2.45) is 0 Å². The van der Waals surface area contributed by atoms with Crippen molar-refractivity contribution in [3.63, 3.8) is 0 Å². The minimum absolute atomic E-state index is 0.0333. The van der Waals surface area contributed by atoms with E-state index in [9.17, 15) is 9.59 Å². The highest BCUT2D eigenvalue weighted by Gasteiger charge is 2.21. The van der Waals surface area contributed by atoms with E-state index >= 15 is 0 Å². The Kier molecular flexibility index (Phi) is 6.47.